The second kappa shape index (κ2) is 10.5. The van der Waals surface area contributed by atoms with Crippen LogP contribution in [0.15, 0.2) is 62.7 Å². The van der Waals surface area contributed by atoms with Crippen molar-refractivity contribution >= 4 is 23.5 Å². The summed E-state index contributed by atoms with van der Waals surface area (Å²) in [5.41, 5.74) is 1.59. The Morgan fingerprint density at radius 1 is 1.14 bits per heavy atom. The molecule has 1 aliphatic heterocycles. The first kappa shape index (κ1) is 25.4. The molecule has 3 N–H and O–H groups in total. The van der Waals surface area contributed by atoms with Crippen LogP contribution in [0, 0.1) is 13.8 Å². The molecule has 0 spiro atoms. The van der Waals surface area contributed by atoms with Crippen molar-refractivity contribution in [2.24, 2.45) is 4.99 Å². The maximum Gasteiger partial charge on any atom is 0.335 e. The fourth-order valence-corrected chi connectivity index (χ4v) is 4.26. The summed E-state index contributed by atoms with van der Waals surface area (Å²) >= 11 is 0. The van der Waals surface area contributed by atoms with Crippen LogP contribution in [0.3, 0.4) is 0 Å². The number of rotatable bonds is 8. The van der Waals surface area contributed by atoms with Crippen molar-refractivity contribution in [3.63, 3.8) is 0 Å². The van der Waals surface area contributed by atoms with Crippen LogP contribution in [0.5, 0.6) is 5.88 Å². The van der Waals surface area contributed by atoms with Gasteiger partial charge in [-0.3, -0.25) is 14.6 Å². The number of carboxylic acid groups (broad SMARTS) is 1. The summed E-state index contributed by atoms with van der Waals surface area (Å²) in [4.78, 5) is 54.8. The smallest absolute Gasteiger partial charge is 0.335 e. The Hall–Kier alpha value is -4.73. The lowest BCUT2D eigenvalue weighted by Crippen LogP contribution is -2.31. The van der Waals surface area contributed by atoms with Crippen LogP contribution in [0.4, 0.5) is 0 Å². The Labute approximate surface area is 211 Å². The van der Waals surface area contributed by atoms with Crippen molar-refractivity contribution < 1.29 is 19.8 Å². The Morgan fingerprint density at radius 3 is 2.62 bits per heavy atom. The molecule has 0 bridgehead atoms. The van der Waals surface area contributed by atoms with E-state index in [2.05, 4.69) is 15.3 Å². The number of aromatic nitrogens is 2. The summed E-state index contributed by atoms with van der Waals surface area (Å²) in [6.45, 7) is 3.91. The van der Waals surface area contributed by atoms with E-state index < -0.39 is 29.0 Å². The number of amides is 1. The van der Waals surface area contributed by atoms with Gasteiger partial charge in [0.1, 0.15) is 5.56 Å². The zero-order valence-electron chi connectivity index (χ0n) is 20.3. The molecule has 1 amide bonds. The van der Waals surface area contributed by atoms with Crippen molar-refractivity contribution in [1.82, 2.24) is 14.9 Å². The third-order valence-corrected chi connectivity index (χ3v) is 6.03. The van der Waals surface area contributed by atoms with Crippen molar-refractivity contribution in [3.8, 4) is 11.6 Å². The van der Waals surface area contributed by atoms with Crippen LogP contribution >= 0.6 is 0 Å². The van der Waals surface area contributed by atoms with Crippen LogP contribution < -0.4 is 32.2 Å². The van der Waals surface area contributed by atoms with Crippen LogP contribution in [-0.4, -0.2) is 33.1 Å². The molecule has 0 aliphatic carbocycles. The van der Waals surface area contributed by atoms with E-state index in [9.17, 15) is 29.4 Å². The fraction of sp³-hybridized carbons (Fsp3) is 0.222. The molecule has 1 aliphatic rings. The topological polar surface area (TPSA) is 157 Å². The summed E-state index contributed by atoms with van der Waals surface area (Å²) < 4.78 is 1.04. The van der Waals surface area contributed by atoms with Gasteiger partial charge in [-0.15, -0.1) is 0 Å². The molecule has 0 unspecified atom stereocenters. The van der Waals surface area contributed by atoms with Gasteiger partial charge in [-0.05, 0) is 56.0 Å². The first-order valence-electron chi connectivity index (χ1n) is 11.7. The average Bonchev–Trinajstić information content (AvgIpc) is 3.19. The maximum absolute atomic E-state index is 12.7. The van der Waals surface area contributed by atoms with E-state index in [4.69, 9.17) is 0 Å². The predicted octanol–water partition coefficient (Wildman–Crippen LogP) is -0.290. The van der Waals surface area contributed by atoms with E-state index in [1.807, 2.05) is 31.2 Å². The molecule has 10 heteroatoms. The SMILES string of the molecule is Cc1ccc(-n2c(O)c(/C=C3\N=c4ccccc4=C3CCNC(=O)CCC(=O)[O-])c(=O)[nH]c2=O)c(C)c1. The van der Waals surface area contributed by atoms with Gasteiger partial charge in [-0.25, -0.2) is 14.4 Å². The molecule has 3 aromatic rings. The molecule has 0 radical (unpaired) electrons. The lowest BCUT2D eigenvalue weighted by Gasteiger charge is -2.13. The summed E-state index contributed by atoms with van der Waals surface area (Å²) in [7, 11) is 0. The molecule has 0 saturated carbocycles. The molecular formula is C27H25N4O6-. The van der Waals surface area contributed by atoms with Gasteiger partial charge in [0.25, 0.3) is 5.56 Å². The molecule has 190 valence electrons. The number of carbonyl (C=O) groups is 2. The van der Waals surface area contributed by atoms with E-state index in [1.54, 1.807) is 25.1 Å². The van der Waals surface area contributed by atoms with Crippen LogP contribution in [0.25, 0.3) is 17.3 Å². The minimum atomic E-state index is -1.30. The lowest BCUT2D eigenvalue weighted by molar-refractivity contribution is -0.305. The quantitative estimate of drug-likeness (QED) is 0.385. The number of allylic oxidation sites excluding steroid dienone is 1. The summed E-state index contributed by atoms with van der Waals surface area (Å²) in [6, 6.07) is 12.7. The number of fused-ring (bicyclic) bond motifs is 1. The maximum atomic E-state index is 12.7. The Morgan fingerprint density at radius 2 is 1.89 bits per heavy atom. The zero-order chi connectivity index (χ0) is 26.7. The molecule has 0 atom stereocenters. The van der Waals surface area contributed by atoms with Gasteiger partial charge in [0.15, 0.2) is 0 Å². The molecule has 2 aromatic carbocycles. The second-order valence-corrected chi connectivity index (χ2v) is 8.73. The van der Waals surface area contributed by atoms with Gasteiger partial charge in [-0.1, -0.05) is 35.9 Å². The monoisotopic (exact) mass is 501 g/mol. The minimum Gasteiger partial charge on any atom is -0.550 e. The van der Waals surface area contributed by atoms with Gasteiger partial charge < -0.3 is 20.3 Å². The molecule has 0 fully saturated rings. The number of aromatic hydroxyl groups is 1. The highest BCUT2D eigenvalue weighted by Crippen LogP contribution is 2.25. The number of nitrogens with one attached hydrogen (secondary N) is 2. The number of H-pyrrole nitrogens is 1. The van der Waals surface area contributed by atoms with Gasteiger partial charge >= 0.3 is 5.69 Å². The summed E-state index contributed by atoms with van der Waals surface area (Å²) in [5, 5.41) is 25.8. The lowest BCUT2D eigenvalue weighted by atomic mass is 10.1. The van der Waals surface area contributed by atoms with E-state index in [0.29, 0.717) is 23.2 Å². The van der Waals surface area contributed by atoms with E-state index in [0.717, 1.165) is 26.5 Å². The van der Waals surface area contributed by atoms with Crippen molar-refractivity contribution in [2.75, 3.05) is 6.54 Å². The molecule has 10 nitrogen and oxygen atoms in total. The van der Waals surface area contributed by atoms with E-state index in [1.165, 1.54) is 6.08 Å². The number of nitrogens with zero attached hydrogens (tertiary/aromatic N) is 2. The highest BCUT2D eigenvalue weighted by molar-refractivity contribution is 5.81. The number of carbonyl (C=O) groups excluding carboxylic acids is 2. The fourth-order valence-electron chi connectivity index (χ4n) is 4.26. The van der Waals surface area contributed by atoms with Crippen molar-refractivity contribution in [1.29, 1.82) is 0 Å². The molecule has 37 heavy (non-hydrogen) atoms. The summed E-state index contributed by atoms with van der Waals surface area (Å²) in [5.74, 6) is -2.24. The standard InChI is InChI=1S/C27H26N4O6/c1-15-7-8-22(16(2)13-15)31-26(36)19(25(35)30-27(31)37)14-21-18(17-5-3-4-6-20(17)29-21)11-12-28-23(32)9-10-24(33)34/h3-8,13-14,36H,9-12H2,1-2H3,(H,28,32)(H,33,34)(H,30,35,37)/p-1/b21-14-. The van der Waals surface area contributed by atoms with Gasteiger partial charge in [-0.2, -0.15) is 0 Å². The third kappa shape index (κ3) is 5.43. The Bertz CT molecular complexity index is 1680. The summed E-state index contributed by atoms with van der Waals surface area (Å²) in [6.07, 6.45) is 1.19. The number of para-hydroxylation sites is 1. The number of aryl methyl sites for hydroxylation is 2. The molecular weight excluding hydrogens is 476 g/mol. The minimum absolute atomic E-state index is 0.137. The van der Waals surface area contributed by atoms with E-state index >= 15 is 0 Å². The number of carboxylic acids is 1. The number of benzene rings is 2. The first-order valence-corrected chi connectivity index (χ1v) is 11.7. The Kier molecular flexibility index (Phi) is 7.19. The molecule has 1 aromatic heterocycles. The van der Waals surface area contributed by atoms with Crippen LogP contribution in [-0.2, 0) is 9.59 Å². The second-order valence-electron chi connectivity index (χ2n) is 8.73. The molecule has 0 saturated heterocycles. The number of hydrogen-bond donors (Lipinski definition) is 3. The third-order valence-electron chi connectivity index (χ3n) is 6.03. The van der Waals surface area contributed by atoms with Crippen LogP contribution in [0.2, 0.25) is 0 Å². The first-order chi connectivity index (χ1) is 17.7. The highest BCUT2D eigenvalue weighted by Gasteiger charge is 2.19. The van der Waals surface area contributed by atoms with E-state index in [-0.39, 0.29) is 24.9 Å². The Balaban J connectivity index is 1.74. The number of hydrogen-bond acceptors (Lipinski definition) is 7. The van der Waals surface area contributed by atoms with Crippen molar-refractivity contribution in [2.45, 2.75) is 33.1 Å². The zero-order valence-corrected chi connectivity index (χ0v) is 20.3. The number of aliphatic carboxylic acids is 1. The van der Waals surface area contributed by atoms with Gasteiger partial charge in [0, 0.05) is 24.2 Å². The number of aromatic amines is 1. The normalized spacial score (nSPS) is 13.4. The average molecular weight is 502 g/mol. The van der Waals surface area contributed by atoms with Crippen LogP contribution in [0.1, 0.15) is 36.0 Å². The van der Waals surface area contributed by atoms with Gasteiger partial charge in [0.05, 0.1) is 16.7 Å². The molecule has 4 rings (SSSR count). The van der Waals surface area contributed by atoms with Gasteiger partial charge in [0.2, 0.25) is 11.8 Å². The largest absolute Gasteiger partial charge is 0.550 e. The predicted molar refractivity (Wildman–Crippen MR) is 134 cm³/mol. The molecule has 2 heterocycles. The van der Waals surface area contributed by atoms with Crippen molar-refractivity contribution in [3.05, 3.63) is 96.3 Å². The highest BCUT2D eigenvalue weighted by atomic mass is 16.4.